The Bertz CT molecular complexity index is 821. The molecule has 0 N–H and O–H groups in total. The lowest BCUT2D eigenvalue weighted by molar-refractivity contribution is 0.369. The number of aryl methyl sites for hydroxylation is 1. The third-order valence-corrected chi connectivity index (χ3v) is 4.86. The summed E-state index contributed by atoms with van der Waals surface area (Å²) >= 11 is 0. The van der Waals surface area contributed by atoms with Crippen LogP contribution in [0.5, 0.6) is 5.75 Å². The highest BCUT2D eigenvalue weighted by Crippen LogP contribution is 2.35. The molecule has 0 fully saturated rings. The Balaban J connectivity index is 1.89. The molecule has 1 heterocycles. The van der Waals surface area contributed by atoms with Crippen LogP contribution in [0.15, 0.2) is 52.8 Å². The van der Waals surface area contributed by atoms with Crippen LogP contribution in [-0.2, 0) is 9.84 Å². The molecule has 0 saturated heterocycles. The van der Waals surface area contributed by atoms with Crippen molar-refractivity contribution < 1.29 is 17.5 Å². The lowest BCUT2D eigenvalue weighted by Gasteiger charge is -2.08. The van der Waals surface area contributed by atoms with E-state index in [2.05, 4.69) is 0 Å². The van der Waals surface area contributed by atoms with Crippen LogP contribution >= 0.6 is 0 Å². The summed E-state index contributed by atoms with van der Waals surface area (Å²) in [4.78, 5) is 0.00464. The third-order valence-electron chi connectivity index (χ3n) is 3.32. The molecule has 21 heavy (non-hydrogen) atoms. The van der Waals surface area contributed by atoms with Gasteiger partial charge < -0.3 is 4.74 Å². The molecule has 0 spiro atoms. The molecular formula is C16H13FO3S. The summed E-state index contributed by atoms with van der Waals surface area (Å²) in [6.07, 6.45) is 0. The molecule has 5 heteroatoms. The topological polar surface area (TPSA) is 43.4 Å². The van der Waals surface area contributed by atoms with E-state index in [1.807, 2.05) is 19.1 Å². The normalized spacial score (nSPS) is 15.4. The largest absolute Gasteiger partial charge is 0.489 e. The molecule has 0 unspecified atom stereocenters. The maximum absolute atomic E-state index is 13.9. The molecule has 108 valence electrons. The molecule has 0 amide bonds. The monoisotopic (exact) mass is 304 g/mol. The Kier molecular flexibility index (Phi) is 3.29. The van der Waals surface area contributed by atoms with E-state index >= 15 is 0 Å². The predicted octanol–water partition coefficient (Wildman–Crippen LogP) is 3.34. The Labute approximate surface area is 122 Å². The van der Waals surface area contributed by atoms with Gasteiger partial charge in [-0.2, -0.15) is 0 Å². The fourth-order valence-corrected chi connectivity index (χ4v) is 3.73. The highest BCUT2D eigenvalue weighted by atomic mass is 32.2. The summed E-state index contributed by atoms with van der Waals surface area (Å²) in [7, 11) is -3.57. The summed E-state index contributed by atoms with van der Waals surface area (Å²) in [5.74, 6) is 0.0658. The number of hydrogen-bond donors (Lipinski definition) is 0. The summed E-state index contributed by atoms with van der Waals surface area (Å²) in [5, 5.41) is 1.08. The summed E-state index contributed by atoms with van der Waals surface area (Å²) in [5.41, 5.74) is 1.55. The summed E-state index contributed by atoms with van der Waals surface area (Å²) < 4.78 is 43.4. The van der Waals surface area contributed by atoms with Gasteiger partial charge >= 0.3 is 0 Å². The van der Waals surface area contributed by atoms with E-state index in [1.165, 1.54) is 18.2 Å². The van der Waals surface area contributed by atoms with Gasteiger partial charge in [-0.1, -0.05) is 23.8 Å². The van der Waals surface area contributed by atoms with Crippen molar-refractivity contribution in [1.29, 1.82) is 0 Å². The smallest absolute Gasteiger partial charge is 0.200 e. The first-order valence-electron chi connectivity index (χ1n) is 6.41. The van der Waals surface area contributed by atoms with Crippen LogP contribution in [0.1, 0.15) is 11.1 Å². The molecule has 2 aromatic carbocycles. The van der Waals surface area contributed by atoms with Gasteiger partial charge in [-0.25, -0.2) is 12.8 Å². The van der Waals surface area contributed by atoms with Gasteiger partial charge in [0, 0.05) is 16.5 Å². The molecule has 3 rings (SSSR count). The number of fused-ring (bicyclic) bond motifs is 1. The van der Waals surface area contributed by atoms with Crippen LogP contribution < -0.4 is 4.74 Å². The highest BCUT2D eigenvalue weighted by molar-refractivity contribution is 7.95. The number of hydrogen-bond acceptors (Lipinski definition) is 3. The molecule has 3 nitrogen and oxygen atoms in total. The fraction of sp³-hybridized carbons (Fsp3) is 0.125. The van der Waals surface area contributed by atoms with Crippen molar-refractivity contribution in [3.05, 3.63) is 64.8 Å². The summed E-state index contributed by atoms with van der Waals surface area (Å²) in [6, 6.07) is 11.4. The van der Waals surface area contributed by atoms with Crippen LogP contribution in [0.3, 0.4) is 0 Å². The molecule has 0 atom stereocenters. The maximum atomic E-state index is 13.9. The Morgan fingerprint density at radius 1 is 1.10 bits per heavy atom. The van der Waals surface area contributed by atoms with Gasteiger partial charge in [0.2, 0.25) is 9.84 Å². The molecule has 0 aromatic heterocycles. The van der Waals surface area contributed by atoms with Crippen molar-refractivity contribution in [3.8, 4) is 5.75 Å². The van der Waals surface area contributed by atoms with Crippen molar-refractivity contribution in [2.45, 2.75) is 11.8 Å². The average Bonchev–Trinajstić information content (AvgIpc) is 2.71. The molecular weight excluding hydrogens is 291 g/mol. The molecule has 0 radical (unpaired) electrons. The van der Waals surface area contributed by atoms with E-state index in [4.69, 9.17) is 4.74 Å². The number of halogens is 1. The Hall–Kier alpha value is -2.14. The molecule has 0 bridgehead atoms. The molecule has 2 aromatic rings. The van der Waals surface area contributed by atoms with Gasteiger partial charge in [0.05, 0.1) is 4.90 Å². The van der Waals surface area contributed by atoms with E-state index in [0.717, 1.165) is 11.0 Å². The van der Waals surface area contributed by atoms with Gasteiger partial charge in [0.15, 0.2) is 0 Å². The van der Waals surface area contributed by atoms with E-state index < -0.39 is 15.7 Å². The second-order valence-electron chi connectivity index (χ2n) is 4.90. The minimum atomic E-state index is -3.57. The van der Waals surface area contributed by atoms with Crippen molar-refractivity contribution in [2.75, 3.05) is 6.61 Å². The van der Waals surface area contributed by atoms with E-state index in [0.29, 0.717) is 11.3 Å². The molecule has 0 saturated carbocycles. The van der Waals surface area contributed by atoms with E-state index in [9.17, 15) is 12.8 Å². The first-order chi connectivity index (χ1) is 9.97. The number of sulfone groups is 1. The van der Waals surface area contributed by atoms with Gasteiger partial charge in [0.1, 0.15) is 18.2 Å². The Morgan fingerprint density at radius 2 is 1.81 bits per heavy atom. The SMILES string of the molecule is Cc1ccc(OCC2=CS(=O)(=O)c3cccc(F)c32)cc1. The lowest BCUT2D eigenvalue weighted by atomic mass is 10.1. The van der Waals surface area contributed by atoms with Crippen LogP contribution in [-0.4, -0.2) is 15.0 Å². The minimum Gasteiger partial charge on any atom is -0.489 e. The molecule has 1 aliphatic heterocycles. The quantitative estimate of drug-likeness (QED) is 0.873. The first kappa shape index (κ1) is 13.8. The standard InChI is InChI=1S/C16H13FO3S/c1-11-5-7-13(8-6-11)20-9-12-10-21(18,19)15-4-2-3-14(17)16(12)15/h2-8,10H,9H2,1H3. The van der Waals surface area contributed by atoms with Crippen LogP contribution in [0.2, 0.25) is 0 Å². The van der Waals surface area contributed by atoms with Crippen LogP contribution in [0.25, 0.3) is 5.57 Å². The van der Waals surface area contributed by atoms with Crippen LogP contribution in [0, 0.1) is 12.7 Å². The number of benzene rings is 2. The van der Waals surface area contributed by atoms with Gasteiger partial charge in [-0.05, 0) is 31.2 Å². The average molecular weight is 304 g/mol. The zero-order chi connectivity index (χ0) is 15.0. The van der Waals surface area contributed by atoms with Crippen molar-refractivity contribution in [1.82, 2.24) is 0 Å². The zero-order valence-electron chi connectivity index (χ0n) is 11.3. The summed E-state index contributed by atoms with van der Waals surface area (Å²) in [6.45, 7) is 1.97. The second kappa shape index (κ2) is 5.00. The Morgan fingerprint density at radius 3 is 2.52 bits per heavy atom. The third kappa shape index (κ3) is 2.56. The van der Waals surface area contributed by atoms with Gasteiger partial charge in [0.25, 0.3) is 0 Å². The van der Waals surface area contributed by atoms with E-state index in [1.54, 1.807) is 12.1 Å². The first-order valence-corrected chi connectivity index (χ1v) is 7.96. The van der Waals surface area contributed by atoms with Crippen molar-refractivity contribution in [2.24, 2.45) is 0 Å². The van der Waals surface area contributed by atoms with Gasteiger partial charge in [-0.15, -0.1) is 0 Å². The van der Waals surface area contributed by atoms with Crippen molar-refractivity contribution in [3.63, 3.8) is 0 Å². The second-order valence-corrected chi connectivity index (χ2v) is 6.67. The maximum Gasteiger partial charge on any atom is 0.200 e. The lowest BCUT2D eigenvalue weighted by Crippen LogP contribution is -2.01. The predicted molar refractivity (Wildman–Crippen MR) is 78.2 cm³/mol. The number of ether oxygens (including phenoxy) is 1. The van der Waals surface area contributed by atoms with Crippen LogP contribution in [0.4, 0.5) is 4.39 Å². The highest BCUT2D eigenvalue weighted by Gasteiger charge is 2.29. The van der Waals surface area contributed by atoms with E-state index in [-0.39, 0.29) is 17.1 Å². The van der Waals surface area contributed by atoms with Gasteiger partial charge in [-0.3, -0.25) is 0 Å². The fourth-order valence-electron chi connectivity index (χ4n) is 2.26. The van der Waals surface area contributed by atoms with Crippen molar-refractivity contribution >= 4 is 15.4 Å². The molecule has 0 aliphatic carbocycles. The number of rotatable bonds is 3. The minimum absolute atomic E-state index is 0.00464. The molecule has 1 aliphatic rings. The zero-order valence-corrected chi connectivity index (χ0v) is 12.2.